The van der Waals surface area contributed by atoms with Crippen molar-refractivity contribution in [3.05, 3.63) is 120 Å². The van der Waals surface area contributed by atoms with E-state index in [1.54, 1.807) is 12.1 Å². The standard InChI is InChI=1S/C20H13O.C5H5.Fe/c21-15-17-11-9-16(10-12-17)13-14-19-7-3-4-8-20(19)18-5-1-2-6-18;1-2-4-5-3-1;/h1-12,15H;1-5H;/q-1;-5;. The van der Waals surface area contributed by atoms with Crippen LogP contribution in [0.5, 0.6) is 0 Å². The average Bonchev–Trinajstić information content (AvgIpc) is 3.43. The first kappa shape index (κ1) is 20.2. The van der Waals surface area contributed by atoms with E-state index in [9.17, 15) is 4.79 Å². The molecular formula is C25H18FeO-6. The van der Waals surface area contributed by atoms with Crippen molar-refractivity contribution in [3.8, 4) is 23.0 Å². The summed E-state index contributed by atoms with van der Waals surface area (Å²) >= 11 is 0. The summed E-state index contributed by atoms with van der Waals surface area (Å²) in [5.41, 5.74) is 4.88. The molecule has 0 saturated carbocycles. The molecule has 0 unspecified atom stereocenters. The van der Waals surface area contributed by atoms with Gasteiger partial charge in [0.1, 0.15) is 6.29 Å². The maximum Gasteiger partial charge on any atom is 0.150 e. The zero-order valence-electron chi connectivity index (χ0n) is 14.7. The fourth-order valence-electron chi connectivity index (χ4n) is 2.50. The molecule has 0 aliphatic carbocycles. The quantitative estimate of drug-likeness (QED) is 0.186. The molecule has 0 fully saturated rings. The van der Waals surface area contributed by atoms with E-state index in [1.807, 2.05) is 72.8 Å². The summed E-state index contributed by atoms with van der Waals surface area (Å²) in [5.74, 6) is 6.37. The van der Waals surface area contributed by atoms with Crippen LogP contribution in [0.4, 0.5) is 0 Å². The minimum absolute atomic E-state index is 0. The van der Waals surface area contributed by atoms with Gasteiger partial charge >= 0.3 is 0 Å². The SMILES string of the molecule is O=Cc1ccc(C#Cc2ccccc2-[c-]2cccc2)cc1.[Fe].[cH-]1[cH-][cH-][cH-][cH-]1. The Labute approximate surface area is 170 Å². The average molecular weight is 390 g/mol. The molecular weight excluding hydrogens is 372 g/mol. The summed E-state index contributed by atoms with van der Waals surface area (Å²) in [6.07, 6.45) is 0.835. The van der Waals surface area contributed by atoms with Gasteiger partial charge < -0.3 is 30.3 Å². The Bertz CT molecular complexity index is 965. The van der Waals surface area contributed by atoms with Gasteiger partial charge in [-0.05, 0) is 17.7 Å². The molecule has 138 valence electrons. The Balaban J connectivity index is 0.000000379. The molecule has 4 aromatic rings. The first-order valence-electron chi connectivity index (χ1n) is 8.42. The Kier molecular flexibility index (Phi) is 8.07. The van der Waals surface area contributed by atoms with E-state index in [-0.39, 0.29) is 17.1 Å². The van der Waals surface area contributed by atoms with Gasteiger partial charge in [-0.2, -0.15) is 12.1 Å². The van der Waals surface area contributed by atoms with Crippen LogP contribution in [0.3, 0.4) is 0 Å². The molecule has 1 nitrogen and oxygen atoms in total. The minimum Gasteiger partial charge on any atom is -0.748 e. The van der Waals surface area contributed by atoms with Crippen LogP contribution in [0, 0.1) is 11.8 Å². The van der Waals surface area contributed by atoms with Crippen molar-refractivity contribution < 1.29 is 21.9 Å². The molecule has 0 amide bonds. The van der Waals surface area contributed by atoms with Crippen molar-refractivity contribution in [2.45, 2.75) is 0 Å². The second kappa shape index (κ2) is 10.8. The van der Waals surface area contributed by atoms with Gasteiger partial charge in [-0.25, -0.2) is 0 Å². The van der Waals surface area contributed by atoms with Gasteiger partial charge in [0.25, 0.3) is 0 Å². The number of hydrogen-bond donors (Lipinski definition) is 0. The van der Waals surface area contributed by atoms with Crippen LogP contribution in [-0.4, -0.2) is 6.29 Å². The molecule has 0 N–H and O–H groups in total. The first-order chi connectivity index (χ1) is 12.9. The smallest absolute Gasteiger partial charge is 0.150 e. The van der Waals surface area contributed by atoms with E-state index >= 15 is 0 Å². The summed E-state index contributed by atoms with van der Waals surface area (Å²) in [5, 5.41) is 0. The third-order valence-electron chi connectivity index (χ3n) is 3.84. The molecule has 0 aromatic heterocycles. The molecule has 0 bridgehead atoms. The number of benzene rings is 2. The third-order valence-corrected chi connectivity index (χ3v) is 3.84. The molecule has 0 saturated heterocycles. The van der Waals surface area contributed by atoms with Crippen molar-refractivity contribution in [3.63, 3.8) is 0 Å². The summed E-state index contributed by atoms with van der Waals surface area (Å²) in [7, 11) is 0. The number of rotatable bonds is 2. The van der Waals surface area contributed by atoms with Crippen molar-refractivity contribution in [1.29, 1.82) is 0 Å². The van der Waals surface area contributed by atoms with Crippen LogP contribution in [0.25, 0.3) is 11.1 Å². The van der Waals surface area contributed by atoms with Gasteiger partial charge in [0.05, 0.1) is 0 Å². The van der Waals surface area contributed by atoms with Gasteiger partial charge in [-0.15, -0.1) is 29.7 Å². The van der Waals surface area contributed by atoms with Crippen molar-refractivity contribution in [2.75, 3.05) is 0 Å². The van der Waals surface area contributed by atoms with Crippen LogP contribution in [0.1, 0.15) is 21.5 Å². The fourth-order valence-corrected chi connectivity index (χ4v) is 2.50. The third kappa shape index (κ3) is 5.97. The molecule has 4 rings (SSSR count). The van der Waals surface area contributed by atoms with Gasteiger partial charge in [-0.3, -0.25) is 4.79 Å². The molecule has 0 radical (unpaired) electrons. The van der Waals surface area contributed by atoms with Crippen LogP contribution < -0.4 is 0 Å². The van der Waals surface area contributed by atoms with Crippen molar-refractivity contribution in [1.82, 2.24) is 0 Å². The molecule has 2 heteroatoms. The van der Waals surface area contributed by atoms with Crippen LogP contribution in [0.15, 0.2) is 103 Å². The molecule has 0 heterocycles. The summed E-state index contributed by atoms with van der Waals surface area (Å²) < 4.78 is 0. The number of hydrogen-bond acceptors (Lipinski definition) is 1. The number of aldehydes is 1. The van der Waals surface area contributed by atoms with Crippen LogP contribution in [-0.2, 0) is 17.1 Å². The van der Waals surface area contributed by atoms with E-state index in [0.29, 0.717) is 5.56 Å². The van der Waals surface area contributed by atoms with E-state index in [2.05, 4.69) is 30.0 Å². The second-order valence-corrected chi connectivity index (χ2v) is 5.67. The number of carbonyl (C=O) groups is 1. The van der Waals surface area contributed by atoms with Crippen molar-refractivity contribution in [2.24, 2.45) is 0 Å². The first-order valence-corrected chi connectivity index (χ1v) is 8.42. The monoisotopic (exact) mass is 390 g/mol. The van der Waals surface area contributed by atoms with Gasteiger partial charge in [0.15, 0.2) is 0 Å². The normalized spacial score (nSPS) is 9.04. The van der Waals surface area contributed by atoms with Gasteiger partial charge in [0.2, 0.25) is 0 Å². The predicted octanol–water partition coefficient (Wildman–Crippen LogP) is 5.69. The fraction of sp³-hybridized carbons (Fsp3) is 0. The topological polar surface area (TPSA) is 17.1 Å². The van der Waals surface area contributed by atoms with E-state index in [0.717, 1.165) is 23.0 Å². The van der Waals surface area contributed by atoms with E-state index in [1.165, 1.54) is 5.56 Å². The Morgan fingerprint density at radius 3 is 1.93 bits per heavy atom. The number of carbonyl (C=O) groups excluding carboxylic acids is 1. The Morgan fingerprint density at radius 1 is 0.741 bits per heavy atom. The molecule has 0 aliphatic heterocycles. The summed E-state index contributed by atoms with van der Waals surface area (Å²) in [4.78, 5) is 10.6. The summed E-state index contributed by atoms with van der Waals surface area (Å²) in [6.45, 7) is 0. The summed E-state index contributed by atoms with van der Waals surface area (Å²) in [6, 6.07) is 33.6. The van der Waals surface area contributed by atoms with Gasteiger partial charge in [-0.1, -0.05) is 41.8 Å². The zero-order valence-corrected chi connectivity index (χ0v) is 15.8. The molecule has 0 aliphatic rings. The molecule has 27 heavy (non-hydrogen) atoms. The largest absolute Gasteiger partial charge is 0.748 e. The Morgan fingerprint density at radius 2 is 1.33 bits per heavy atom. The maximum atomic E-state index is 10.6. The van der Waals surface area contributed by atoms with E-state index in [4.69, 9.17) is 0 Å². The van der Waals surface area contributed by atoms with E-state index < -0.39 is 0 Å². The predicted molar refractivity (Wildman–Crippen MR) is 107 cm³/mol. The molecule has 0 spiro atoms. The Hall–Kier alpha value is -3.11. The zero-order chi connectivity index (χ0) is 18.0. The minimum atomic E-state index is 0. The second-order valence-electron chi connectivity index (χ2n) is 5.67. The maximum absolute atomic E-state index is 10.6. The van der Waals surface area contributed by atoms with Gasteiger partial charge in [0, 0.05) is 28.2 Å². The van der Waals surface area contributed by atoms with Crippen LogP contribution >= 0.6 is 0 Å². The van der Waals surface area contributed by atoms with Crippen molar-refractivity contribution >= 4 is 6.29 Å². The van der Waals surface area contributed by atoms with Crippen LogP contribution in [0.2, 0.25) is 0 Å². The molecule has 0 atom stereocenters. The molecule has 4 aromatic carbocycles.